The molecule has 13 heteroatoms. The Kier molecular flexibility index (Phi) is 9.83. The van der Waals surface area contributed by atoms with Crippen LogP contribution >= 0.6 is 30.9 Å². The number of nitro groups is 2. The fourth-order valence-corrected chi connectivity index (χ4v) is 5.02. The Morgan fingerprint density at radius 1 is 0.806 bits per heavy atom. The summed E-state index contributed by atoms with van der Waals surface area (Å²) in [6.07, 6.45) is 0. The number of hydrogen-bond acceptors (Lipinski definition) is 7. The third-order valence-corrected chi connectivity index (χ3v) is 6.52. The molecule has 0 heterocycles. The molecule has 0 amide bonds. The zero-order chi connectivity index (χ0) is 22.9. The molecule has 2 aromatic rings. The second-order valence-electron chi connectivity index (χ2n) is 6.12. The zero-order valence-electron chi connectivity index (χ0n) is 16.3. The van der Waals surface area contributed by atoms with E-state index in [1.54, 1.807) is 12.1 Å². The van der Waals surface area contributed by atoms with E-state index in [4.69, 9.17) is 32.2 Å². The highest BCUT2D eigenvalue weighted by Gasteiger charge is 2.35. The number of hydrogen-bond donors (Lipinski definition) is 0. The van der Waals surface area contributed by atoms with E-state index in [0.717, 1.165) is 0 Å². The molecule has 0 N–H and O–H groups in total. The van der Waals surface area contributed by atoms with Crippen molar-refractivity contribution in [2.45, 2.75) is 13.2 Å². The first-order chi connectivity index (χ1) is 14.8. The molecule has 10 nitrogen and oxygen atoms in total. The maximum atomic E-state index is 13.6. The van der Waals surface area contributed by atoms with Crippen molar-refractivity contribution < 1.29 is 23.5 Å². The summed E-state index contributed by atoms with van der Waals surface area (Å²) in [6, 6.07) is 11.7. The van der Waals surface area contributed by atoms with Crippen molar-refractivity contribution in [2.75, 3.05) is 24.8 Å². The van der Waals surface area contributed by atoms with Crippen LogP contribution in [-0.2, 0) is 26.8 Å². The van der Waals surface area contributed by atoms with Crippen LogP contribution in [-0.4, -0.2) is 39.4 Å². The van der Waals surface area contributed by atoms with Crippen molar-refractivity contribution in [1.82, 2.24) is 4.67 Å². The maximum absolute atomic E-state index is 13.6. The van der Waals surface area contributed by atoms with Gasteiger partial charge in [0.25, 0.3) is 11.4 Å². The molecule has 0 atom stereocenters. The van der Waals surface area contributed by atoms with Gasteiger partial charge in [0, 0.05) is 37.0 Å². The van der Waals surface area contributed by atoms with E-state index in [1.807, 2.05) is 0 Å². The molecule has 0 fully saturated rings. The van der Waals surface area contributed by atoms with Crippen LogP contribution in [0.25, 0.3) is 0 Å². The van der Waals surface area contributed by atoms with Crippen molar-refractivity contribution in [2.24, 2.45) is 0 Å². The highest BCUT2D eigenvalue weighted by atomic mass is 35.5. The predicted molar refractivity (Wildman–Crippen MR) is 116 cm³/mol. The second kappa shape index (κ2) is 12.1. The van der Waals surface area contributed by atoms with Crippen LogP contribution in [0.5, 0.6) is 0 Å². The monoisotopic (exact) mass is 491 g/mol. The van der Waals surface area contributed by atoms with Crippen molar-refractivity contribution in [1.29, 1.82) is 0 Å². The minimum atomic E-state index is -4.07. The van der Waals surface area contributed by atoms with Crippen molar-refractivity contribution in [3.8, 4) is 0 Å². The molecule has 2 aromatic carbocycles. The number of alkyl halides is 2. The zero-order valence-corrected chi connectivity index (χ0v) is 18.7. The van der Waals surface area contributed by atoms with Crippen LogP contribution in [0.15, 0.2) is 48.5 Å². The third kappa shape index (κ3) is 6.96. The Morgan fingerprint density at radius 2 is 1.19 bits per heavy atom. The van der Waals surface area contributed by atoms with Crippen molar-refractivity contribution in [3.63, 3.8) is 0 Å². The molecule has 0 aliphatic heterocycles. The molecule has 0 bridgehead atoms. The van der Waals surface area contributed by atoms with Gasteiger partial charge in [0.15, 0.2) is 0 Å². The first-order valence-electron chi connectivity index (χ1n) is 9.03. The summed E-state index contributed by atoms with van der Waals surface area (Å²) in [5, 5.41) is 22.5. The Labute approximate surface area is 188 Å². The van der Waals surface area contributed by atoms with Gasteiger partial charge < -0.3 is 0 Å². The molecule has 0 saturated heterocycles. The van der Waals surface area contributed by atoms with Gasteiger partial charge in [0.05, 0.1) is 34.2 Å². The lowest BCUT2D eigenvalue weighted by atomic mass is 10.2. The fraction of sp³-hybridized carbons (Fsp3) is 0.333. The molecule has 0 unspecified atom stereocenters. The molecule has 168 valence electrons. The average molecular weight is 492 g/mol. The fourth-order valence-electron chi connectivity index (χ4n) is 2.68. The lowest BCUT2D eigenvalue weighted by molar-refractivity contribution is -0.385. The van der Waals surface area contributed by atoms with Crippen molar-refractivity contribution in [3.05, 3.63) is 79.9 Å². The Bertz CT molecular complexity index is 892. The molecule has 0 aliphatic rings. The Hall–Kier alpha value is -2.07. The standard InChI is InChI=1S/C18H20Cl2N3O7P/c19-9-11-21(12-10-20)31(28,29-13-15-5-1-3-7-17(15)22(24)25)30-14-16-6-2-4-8-18(16)23(26)27/h1-8H,9-14H2. The van der Waals surface area contributed by atoms with E-state index >= 15 is 0 Å². The van der Waals surface area contributed by atoms with Gasteiger partial charge in [0.1, 0.15) is 0 Å². The van der Waals surface area contributed by atoms with Crippen LogP contribution in [0.1, 0.15) is 11.1 Å². The first kappa shape index (κ1) is 25.2. The summed E-state index contributed by atoms with van der Waals surface area (Å²) in [5.74, 6) is 0.176. The normalized spacial score (nSPS) is 11.6. The van der Waals surface area contributed by atoms with Crippen molar-refractivity contribution >= 4 is 42.3 Å². The molecule has 0 aromatic heterocycles. The number of benzene rings is 2. The van der Waals surface area contributed by atoms with E-state index in [1.165, 1.54) is 41.1 Å². The topological polar surface area (TPSA) is 125 Å². The molecular formula is C18H20Cl2N3O7P. The number of rotatable bonds is 13. The lowest BCUT2D eigenvalue weighted by Gasteiger charge is -2.29. The van der Waals surface area contributed by atoms with E-state index in [-0.39, 0.29) is 60.6 Å². The largest absolute Gasteiger partial charge is 0.408 e. The maximum Gasteiger partial charge on any atom is 0.408 e. The third-order valence-electron chi connectivity index (χ3n) is 4.17. The summed E-state index contributed by atoms with van der Waals surface area (Å²) in [7, 11) is -4.07. The van der Waals surface area contributed by atoms with Gasteiger partial charge in [-0.2, -0.15) is 0 Å². The van der Waals surface area contributed by atoms with Crippen LogP contribution < -0.4 is 0 Å². The molecule has 0 saturated carbocycles. The van der Waals surface area contributed by atoms with Gasteiger partial charge in [0.2, 0.25) is 0 Å². The minimum absolute atomic E-state index is 0.0879. The Balaban J connectivity index is 2.30. The molecule has 0 aliphatic carbocycles. The molecule has 0 spiro atoms. The number of nitrogens with zero attached hydrogens (tertiary/aromatic N) is 3. The summed E-state index contributed by atoms with van der Waals surface area (Å²) < 4.78 is 26.1. The Morgan fingerprint density at radius 3 is 1.55 bits per heavy atom. The van der Waals surface area contributed by atoms with Crippen LogP contribution in [0.3, 0.4) is 0 Å². The molecule has 31 heavy (non-hydrogen) atoms. The summed E-state index contributed by atoms with van der Waals surface area (Å²) in [6.45, 7) is -0.572. The first-order valence-corrected chi connectivity index (χ1v) is 11.6. The smallest absolute Gasteiger partial charge is 0.292 e. The van der Waals surface area contributed by atoms with Gasteiger partial charge in [-0.1, -0.05) is 24.3 Å². The number of nitro benzene ring substituents is 2. The summed E-state index contributed by atoms with van der Waals surface area (Å²) in [5.41, 5.74) is -0.0135. The van der Waals surface area contributed by atoms with Gasteiger partial charge in [-0.25, -0.2) is 9.24 Å². The van der Waals surface area contributed by atoms with Gasteiger partial charge in [-0.05, 0) is 12.1 Å². The summed E-state index contributed by atoms with van der Waals surface area (Å²) in [4.78, 5) is 21.3. The van der Waals surface area contributed by atoms with E-state index in [0.29, 0.717) is 0 Å². The van der Waals surface area contributed by atoms with Crippen LogP contribution in [0.2, 0.25) is 0 Å². The second-order valence-corrected chi connectivity index (χ2v) is 8.89. The SMILES string of the molecule is O=[N+]([O-])c1ccccc1COP(=O)(OCc1ccccc1[N+](=O)[O-])N(CCCl)CCCl. The molecule has 0 radical (unpaired) electrons. The van der Waals surface area contributed by atoms with E-state index in [9.17, 15) is 24.8 Å². The van der Waals surface area contributed by atoms with Crippen LogP contribution in [0.4, 0.5) is 11.4 Å². The van der Waals surface area contributed by atoms with E-state index in [2.05, 4.69) is 0 Å². The van der Waals surface area contributed by atoms with Crippen LogP contribution in [0, 0.1) is 20.2 Å². The predicted octanol–water partition coefficient (Wildman–Crippen LogP) is 5.12. The van der Waals surface area contributed by atoms with Gasteiger partial charge >= 0.3 is 7.75 Å². The van der Waals surface area contributed by atoms with E-state index < -0.39 is 17.6 Å². The number of halogens is 2. The molecular weight excluding hydrogens is 472 g/mol. The van der Waals surface area contributed by atoms with Gasteiger partial charge in [-0.3, -0.25) is 29.3 Å². The minimum Gasteiger partial charge on any atom is -0.292 e. The summed E-state index contributed by atoms with van der Waals surface area (Å²) >= 11 is 11.6. The number of para-hydroxylation sites is 2. The highest BCUT2D eigenvalue weighted by Crippen LogP contribution is 2.53. The lowest BCUT2D eigenvalue weighted by Crippen LogP contribution is -2.27. The molecule has 2 rings (SSSR count). The average Bonchev–Trinajstić information content (AvgIpc) is 2.76. The van der Waals surface area contributed by atoms with Gasteiger partial charge in [-0.15, -0.1) is 23.2 Å². The quantitative estimate of drug-likeness (QED) is 0.163. The highest BCUT2D eigenvalue weighted by molar-refractivity contribution is 7.51.